The molecular formula is C26H35N3O5S. The van der Waals surface area contributed by atoms with Gasteiger partial charge in [-0.15, -0.1) is 0 Å². The third kappa shape index (κ3) is 7.62. The minimum absolute atomic E-state index is 0.155. The molecule has 190 valence electrons. The number of ketones is 1. The molecule has 1 aliphatic rings. The van der Waals surface area contributed by atoms with Crippen LogP contribution in [0.15, 0.2) is 48.5 Å². The van der Waals surface area contributed by atoms with Crippen LogP contribution in [-0.2, 0) is 16.4 Å². The van der Waals surface area contributed by atoms with Crippen LogP contribution >= 0.6 is 0 Å². The third-order valence-corrected chi connectivity index (χ3v) is 7.33. The highest BCUT2D eigenvalue weighted by atomic mass is 32.2. The van der Waals surface area contributed by atoms with Gasteiger partial charge in [0, 0.05) is 36.7 Å². The maximum absolute atomic E-state index is 13.3. The van der Waals surface area contributed by atoms with Gasteiger partial charge in [0.15, 0.2) is 5.78 Å². The molecule has 0 aromatic heterocycles. The number of Topliss-reactive ketones (excluding diaryl/α,β-unsaturated/α-hetero) is 1. The molecule has 0 aliphatic heterocycles. The average Bonchev–Trinajstić information content (AvgIpc) is 3.65. The van der Waals surface area contributed by atoms with Gasteiger partial charge in [-0.25, -0.2) is 8.42 Å². The number of amides is 1. The van der Waals surface area contributed by atoms with E-state index in [0.717, 1.165) is 29.0 Å². The second-order valence-electron chi connectivity index (χ2n) is 9.54. The van der Waals surface area contributed by atoms with Crippen molar-refractivity contribution < 1.29 is 23.1 Å². The van der Waals surface area contributed by atoms with Crippen LogP contribution in [0.4, 0.5) is 5.69 Å². The lowest BCUT2D eigenvalue weighted by atomic mass is 9.97. The highest BCUT2D eigenvalue weighted by Gasteiger charge is 2.27. The van der Waals surface area contributed by atoms with E-state index in [2.05, 4.69) is 10.6 Å². The van der Waals surface area contributed by atoms with Crippen molar-refractivity contribution in [2.24, 2.45) is 5.92 Å². The van der Waals surface area contributed by atoms with Gasteiger partial charge in [0.25, 0.3) is 5.91 Å². The maximum atomic E-state index is 13.3. The van der Waals surface area contributed by atoms with E-state index in [1.54, 1.807) is 13.8 Å². The van der Waals surface area contributed by atoms with E-state index < -0.39 is 28.1 Å². The van der Waals surface area contributed by atoms with Gasteiger partial charge < -0.3 is 15.7 Å². The molecule has 2 aromatic rings. The van der Waals surface area contributed by atoms with Crippen LogP contribution in [0.5, 0.6) is 0 Å². The fourth-order valence-electron chi connectivity index (χ4n) is 3.71. The molecule has 3 rings (SSSR count). The first-order valence-electron chi connectivity index (χ1n) is 11.8. The van der Waals surface area contributed by atoms with Crippen LogP contribution in [0.3, 0.4) is 0 Å². The molecule has 0 unspecified atom stereocenters. The Balaban J connectivity index is 1.90. The molecule has 0 saturated heterocycles. The van der Waals surface area contributed by atoms with Crippen molar-refractivity contribution in [2.45, 2.75) is 51.3 Å². The first kappa shape index (κ1) is 26.8. The number of aliphatic hydroxyl groups excluding tert-OH is 1. The summed E-state index contributed by atoms with van der Waals surface area (Å²) in [4.78, 5) is 26.1. The van der Waals surface area contributed by atoms with Gasteiger partial charge in [0.2, 0.25) is 10.0 Å². The number of aliphatic hydroxyl groups is 1. The Kier molecular flexibility index (Phi) is 8.69. The van der Waals surface area contributed by atoms with Crippen LogP contribution in [-0.4, -0.2) is 63.3 Å². The van der Waals surface area contributed by atoms with Crippen molar-refractivity contribution in [1.29, 1.82) is 0 Å². The summed E-state index contributed by atoms with van der Waals surface area (Å²) < 4.78 is 25.3. The fourth-order valence-corrected chi connectivity index (χ4v) is 4.20. The van der Waals surface area contributed by atoms with Gasteiger partial charge in [-0.1, -0.05) is 44.2 Å². The first-order valence-corrected chi connectivity index (χ1v) is 13.7. The normalized spacial score (nSPS) is 15.5. The van der Waals surface area contributed by atoms with E-state index in [0.29, 0.717) is 19.0 Å². The number of nitrogens with zero attached hydrogens (tertiary/aromatic N) is 1. The Bertz CT molecular complexity index is 1150. The average molecular weight is 502 g/mol. The molecule has 0 radical (unpaired) electrons. The van der Waals surface area contributed by atoms with E-state index >= 15 is 0 Å². The van der Waals surface area contributed by atoms with Crippen molar-refractivity contribution in [3.8, 4) is 0 Å². The minimum atomic E-state index is -3.61. The fraction of sp³-hybridized carbons (Fsp3) is 0.462. The lowest BCUT2D eigenvalue weighted by Gasteiger charge is -2.25. The van der Waals surface area contributed by atoms with Gasteiger partial charge in [-0.3, -0.25) is 13.9 Å². The molecule has 3 N–H and O–H groups in total. The van der Waals surface area contributed by atoms with Gasteiger partial charge in [0.1, 0.15) is 0 Å². The number of hydrogen-bond donors (Lipinski definition) is 3. The molecule has 0 spiro atoms. The molecule has 1 fully saturated rings. The second kappa shape index (κ2) is 11.3. The first-order chi connectivity index (χ1) is 16.5. The minimum Gasteiger partial charge on any atom is -0.390 e. The summed E-state index contributed by atoms with van der Waals surface area (Å²) in [7, 11) is -2.23. The third-order valence-electron chi connectivity index (χ3n) is 6.12. The van der Waals surface area contributed by atoms with Crippen LogP contribution in [0.2, 0.25) is 0 Å². The Morgan fingerprint density at radius 2 is 1.71 bits per heavy atom. The van der Waals surface area contributed by atoms with Crippen molar-refractivity contribution >= 4 is 27.4 Å². The van der Waals surface area contributed by atoms with Gasteiger partial charge in [-0.2, -0.15) is 0 Å². The summed E-state index contributed by atoms with van der Waals surface area (Å²) in [5, 5.41) is 17.1. The van der Waals surface area contributed by atoms with E-state index in [1.807, 2.05) is 30.3 Å². The number of carbonyl (C=O) groups is 2. The van der Waals surface area contributed by atoms with Gasteiger partial charge >= 0.3 is 0 Å². The molecule has 1 amide bonds. The molecule has 2 aromatic carbocycles. The molecule has 8 nitrogen and oxygen atoms in total. The van der Waals surface area contributed by atoms with Crippen LogP contribution in [0, 0.1) is 5.92 Å². The number of sulfonamides is 1. The Hall–Kier alpha value is -2.75. The number of rotatable bonds is 12. The highest BCUT2D eigenvalue weighted by Crippen LogP contribution is 2.23. The largest absolute Gasteiger partial charge is 0.390 e. The van der Waals surface area contributed by atoms with E-state index in [-0.39, 0.29) is 28.5 Å². The van der Waals surface area contributed by atoms with E-state index in [9.17, 15) is 23.1 Å². The zero-order valence-electron chi connectivity index (χ0n) is 20.7. The number of hydrogen-bond acceptors (Lipinski definition) is 6. The Labute approximate surface area is 207 Å². The molecule has 0 heterocycles. The molecule has 1 aliphatic carbocycles. The van der Waals surface area contributed by atoms with Gasteiger partial charge in [-0.05, 0) is 43.0 Å². The van der Waals surface area contributed by atoms with E-state index in [1.165, 1.54) is 25.2 Å². The summed E-state index contributed by atoms with van der Waals surface area (Å²) in [6.07, 6.45) is 2.80. The summed E-state index contributed by atoms with van der Waals surface area (Å²) >= 11 is 0. The lowest BCUT2D eigenvalue weighted by Crippen LogP contribution is -2.49. The molecule has 0 bridgehead atoms. The SMILES string of the molecule is CC(C)C(=O)c1cc(C(=O)N[C@@H](Cc2ccccc2)[C@H](O)CNC2CC2)cc(N(C)S(C)(=O)=O)c1. The summed E-state index contributed by atoms with van der Waals surface area (Å²) in [6.45, 7) is 3.83. The van der Waals surface area contributed by atoms with Crippen molar-refractivity contribution in [3.05, 3.63) is 65.2 Å². The van der Waals surface area contributed by atoms with Crippen LogP contribution in [0.25, 0.3) is 0 Å². The predicted octanol–water partition coefficient (Wildman–Crippen LogP) is 2.38. The van der Waals surface area contributed by atoms with Gasteiger partial charge in [0.05, 0.1) is 24.1 Å². The molecular weight excluding hydrogens is 466 g/mol. The smallest absolute Gasteiger partial charge is 0.251 e. The summed E-state index contributed by atoms with van der Waals surface area (Å²) in [5.74, 6) is -1.01. The predicted molar refractivity (Wildman–Crippen MR) is 137 cm³/mol. The monoisotopic (exact) mass is 501 g/mol. The second-order valence-corrected chi connectivity index (χ2v) is 11.6. The van der Waals surface area contributed by atoms with Crippen molar-refractivity contribution in [2.75, 3.05) is 24.2 Å². The zero-order chi connectivity index (χ0) is 25.8. The van der Waals surface area contributed by atoms with Crippen LogP contribution < -0.4 is 14.9 Å². The molecule has 35 heavy (non-hydrogen) atoms. The molecule has 2 atom stereocenters. The lowest BCUT2D eigenvalue weighted by molar-refractivity contribution is 0.0830. The molecule has 9 heteroatoms. The Morgan fingerprint density at radius 3 is 2.29 bits per heavy atom. The summed E-state index contributed by atoms with van der Waals surface area (Å²) in [6, 6.07) is 13.8. The zero-order valence-corrected chi connectivity index (χ0v) is 21.5. The molecule has 1 saturated carbocycles. The number of anilines is 1. The number of carbonyl (C=O) groups excluding carboxylic acids is 2. The Morgan fingerprint density at radius 1 is 1.09 bits per heavy atom. The highest BCUT2D eigenvalue weighted by molar-refractivity contribution is 7.92. The van der Waals surface area contributed by atoms with Crippen LogP contribution in [0.1, 0.15) is 53.0 Å². The summed E-state index contributed by atoms with van der Waals surface area (Å²) in [5.41, 5.74) is 1.60. The topological polar surface area (TPSA) is 116 Å². The standard InChI is InChI=1S/C26H35N3O5S/c1-17(2)25(31)19-13-20(15-22(14-19)29(3)35(4,33)34)26(32)28-23(12-18-8-6-5-7-9-18)24(30)16-27-21-10-11-21/h5-9,13-15,17,21,23-24,27,30H,10-12,16H2,1-4H3,(H,28,32)/t23-,24+/m0/s1. The van der Waals surface area contributed by atoms with Crippen molar-refractivity contribution in [1.82, 2.24) is 10.6 Å². The van der Waals surface area contributed by atoms with E-state index in [4.69, 9.17) is 0 Å². The number of benzene rings is 2. The maximum Gasteiger partial charge on any atom is 0.251 e. The quantitative estimate of drug-likeness (QED) is 0.385. The number of nitrogens with one attached hydrogen (secondary N) is 2. The van der Waals surface area contributed by atoms with Crippen molar-refractivity contribution in [3.63, 3.8) is 0 Å².